The second kappa shape index (κ2) is 9.45. The van der Waals surface area contributed by atoms with E-state index in [1.54, 1.807) is 69.3 Å². The Hall–Kier alpha value is -2.03. The molecule has 3 rings (SSSR count). The molecule has 32 heavy (non-hydrogen) atoms. The number of benzene rings is 2. The lowest BCUT2D eigenvalue weighted by molar-refractivity contribution is 0.0993. The van der Waals surface area contributed by atoms with Crippen LogP contribution in [0.4, 0.5) is 0 Å². The number of carbonyl (C=O) groups is 1. The van der Waals surface area contributed by atoms with Gasteiger partial charge in [-0.2, -0.15) is 4.31 Å². The van der Waals surface area contributed by atoms with Crippen LogP contribution < -0.4 is 0 Å². The van der Waals surface area contributed by atoms with Crippen LogP contribution >= 0.6 is 0 Å². The molecule has 0 aliphatic carbocycles. The predicted octanol–water partition coefficient (Wildman–Crippen LogP) is 4.00. The molecule has 0 N–H and O–H groups in total. The molecule has 0 radical (unpaired) electrons. The van der Waals surface area contributed by atoms with Gasteiger partial charge in [-0.15, -0.1) is 0 Å². The first-order valence-corrected chi connectivity index (χ1v) is 13.9. The van der Waals surface area contributed by atoms with Crippen molar-refractivity contribution in [2.75, 3.05) is 13.1 Å². The van der Waals surface area contributed by atoms with E-state index in [0.717, 1.165) is 19.3 Å². The minimum atomic E-state index is -3.55. The summed E-state index contributed by atoms with van der Waals surface area (Å²) in [7, 11) is -6.86. The van der Waals surface area contributed by atoms with Gasteiger partial charge in [-0.05, 0) is 56.9 Å². The average Bonchev–Trinajstić information content (AvgIpc) is 2.74. The standard InChI is InChI=1S/C24H31NO5S2/c1-24(2,3)31(27,28)18-19-10-12-21(13-11-19)23(26)17-20-8-7-9-22(16-20)32(29,30)25-14-5-4-6-15-25/h7-13,16H,4-6,14-15,17-18H2,1-3H3. The largest absolute Gasteiger partial charge is 0.294 e. The summed E-state index contributed by atoms with van der Waals surface area (Å²) in [6, 6.07) is 13.1. The maximum absolute atomic E-state index is 12.9. The maximum atomic E-state index is 12.9. The molecule has 0 atom stereocenters. The highest BCUT2D eigenvalue weighted by Gasteiger charge is 2.29. The van der Waals surface area contributed by atoms with E-state index in [0.29, 0.717) is 29.8 Å². The quantitative estimate of drug-likeness (QED) is 0.563. The van der Waals surface area contributed by atoms with Crippen molar-refractivity contribution >= 4 is 25.6 Å². The molecule has 0 unspecified atom stereocenters. The number of sulfone groups is 1. The number of carbonyl (C=O) groups excluding carboxylic acids is 1. The lowest BCUT2D eigenvalue weighted by atomic mass is 10.0. The van der Waals surface area contributed by atoms with Crippen molar-refractivity contribution in [3.63, 3.8) is 0 Å². The number of nitrogens with zero attached hydrogens (tertiary/aromatic N) is 1. The van der Waals surface area contributed by atoms with Gasteiger partial charge in [0.2, 0.25) is 10.0 Å². The maximum Gasteiger partial charge on any atom is 0.243 e. The van der Waals surface area contributed by atoms with Gasteiger partial charge in [0.25, 0.3) is 0 Å². The Morgan fingerprint density at radius 1 is 0.875 bits per heavy atom. The summed E-state index contributed by atoms with van der Waals surface area (Å²) in [6.07, 6.45) is 2.85. The van der Waals surface area contributed by atoms with E-state index in [4.69, 9.17) is 0 Å². The first kappa shape index (κ1) is 24.6. The number of Topliss-reactive ketones (excluding diaryl/α,β-unsaturated/α-hetero) is 1. The normalized spacial score (nSPS) is 16.1. The smallest absolute Gasteiger partial charge is 0.243 e. The first-order chi connectivity index (χ1) is 14.9. The fraction of sp³-hybridized carbons (Fsp3) is 0.458. The molecule has 0 saturated carbocycles. The fourth-order valence-corrected chi connectivity index (χ4v) is 6.23. The van der Waals surface area contributed by atoms with Crippen molar-refractivity contribution in [1.82, 2.24) is 4.31 Å². The zero-order valence-corrected chi connectivity index (χ0v) is 20.5. The van der Waals surface area contributed by atoms with Crippen LogP contribution in [0.1, 0.15) is 61.5 Å². The zero-order chi connectivity index (χ0) is 23.6. The van der Waals surface area contributed by atoms with Gasteiger partial charge in [-0.25, -0.2) is 16.8 Å². The van der Waals surface area contributed by atoms with Gasteiger partial charge in [0.1, 0.15) is 0 Å². The van der Waals surface area contributed by atoms with E-state index in [-0.39, 0.29) is 22.9 Å². The van der Waals surface area contributed by atoms with Crippen LogP contribution in [0, 0.1) is 0 Å². The summed E-state index contributed by atoms with van der Waals surface area (Å²) in [5, 5.41) is 0. The van der Waals surface area contributed by atoms with Gasteiger partial charge in [0.05, 0.1) is 15.4 Å². The lowest BCUT2D eigenvalue weighted by Crippen LogP contribution is -2.35. The van der Waals surface area contributed by atoms with Gasteiger partial charge >= 0.3 is 0 Å². The Morgan fingerprint density at radius 3 is 2.09 bits per heavy atom. The van der Waals surface area contributed by atoms with E-state index in [1.807, 2.05) is 0 Å². The van der Waals surface area contributed by atoms with Crippen molar-refractivity contribution in [2.24, 2.45) is 0 Å². The van der Waals surface area contributed by atoms with Crippen molar-refractivity contribution in [3.8, 4) is 0 Å². The number of rotatable bonds is 7. The average molecular weight is 478 g/mol. The van der Waals surface area contributed by atoms with Crippen molar-refractivity contribution in [3.05, 3.63) is 65.2 Å². The van der Waals surface area contributed by atoms with E-state index in [1.165, 1.54) is 4.31 Å². The summed E-state index contributed by atoms with van der Waals surface area (Å²) < 4.78 is 51.3. The van der Waals surface area contributed by atoms with Gasteiger partial charge < -0.3 is 0 Å². The van der Waals surface area contributed by atoms with E-state index in [9.17, 15) is 21.6 Å². The van der Waals surface area contributed by atoms with Gasteiger partial charge in [0.15, 0.2) is 15.6 Å². The molecule has 1 aliphatic heterocycles. The van der Waals surface area contributed by atoms with Crippen LogP contribution in [0.25, 0.3) is 0 Å². The lowest BCUT2D eigenvalue weighted by Gasteiger charge is -2.26. The summed E-state index contributed by atoms with van der Waals surface area (Å²) in [5.74, 6) is -0.232. The molecular weight excluding hydrogens is 446 g/mol. The van der Waals surface area contributed by atoms with Crippen molar-refractivity contribution in [2.45, 2.75) is 61.8 Å². The van der Waals surface area contributed by atoms with Gasteiger partial charge in [-0.1, -0.05) is 42.8 Å². The molecule has 1 saturated heterocycles. The third-order valence-corrected chi connectivity index (χ3v) is 10.3. The Kier molecular flexibility index (Phi) is 7.27. The molecule has 8 heteroatoms. The van der Waals surface area contributed by atoms with Crippen LogP contribution in [-0.4, -0.2) is 44.8 Å². The number of hydrogen-bond acceptors (Lipinski definition) is 5. The van der Waals surface area contributed by atoms with Gasteiger partial charge in [0, 0.05) is 25.1 Å². The second-order valence-electron chi connectivity index (χ2n) is 9.28. The van der Waals surface area contributed by atoms with Crippen molar-refractivity contribution in [1.29, 1.82) is 0 Å². The molecule has 0 amide bonds. The Morgan fingerprint density at radius 2 is 1.50 bits per heavy atom. The van der Waals surface area contributed by atoms with E-state index >= 15 is 0 Å². The SMILES string of the molecule is CC(C)(C)S(=O)(=O)Cc1ccc(C(=O)Cc2cccc(S(=O)(=O)N3CCCCC3)c2)cc1. The highest BCUT2D eigenvalue weighted by Crippen LogP contribution is 2.23. The molecule has 1 aliphatic rings. The molecule has 2 aromatic rings. The molecule has 0 bridgehead atoms. The number of piperidine rings is 1. The molecule has 2 aromatic carbocycles. The predicted molar refractivity (Wildman–Crippen MR) is 126 cm³/mol. The molecule has 1 heterocycles. The minimum absolute atomic E-state index is 0.0724. The van der Waals surface area contributed by atoms with Gasteiger partial charge in [-0.3, -0.25) is 4.79 Å². The van der Waals surface area contributed by atoms with Crippen LogP contribution in [-0.2, 0) is 32.0 Å². The summed E-state index contributed by atoms with van der Waals surface area (Å²) in [5.41, 5.74) is 1.73. The molecule has 174 valence electrons. The second-order valence-corrected chi connectivity index (χ2v) is 14.0. The molecule has 0 aromatic heterocycles. The molecule has 1 fully saturated rings. The van der Waals surface area contributed by atoms with E-state index in [2.05, 4.69) is 0 Å². The fourth-order valence-electron chi connectivity index (χ4n) is 3.58. The third kappa shape index (κ3) is 5.66. The Balaban J connectivity index is 1.72. The van der Waals surface area contributed by atoms with Crippen LogP contribution in [0.3, 0.4) is 0 Å². The molecule has 0 spiro atoms. The minimum Gasteiger partial charge on any atom is -0.294 e. The summed E-state index contributed by atoms with van der Waals surface area (Å²) in [4.78, 5) is 13.0. The monoisotopic (exact) mass is 477 g/mol. The number of sulfonamides is 1. The number of ketones is 1. The zero-order valence-electron chi connectivity index (χ0n) is 18.9. The van der Waals surface area contributed by atoms with Crippen molar-refractivity contribution < 1.29 is 21.6 Å². The highest BCUT2D eigenvalue weighted by molar-refractivity contribution is 7.92. The highest BCUT2D eigenvalue weighted by atomic mass is 32.2. The molecule has 6 nitrogen and oxygen atoms in total. The van der Waals surface area contributed by atoms with E-state index < -0.39 is 24.6 Å². The topological polar surface area (TPSA) is 88.6 Å². The summed E-state index contributed by atoms with van der Waals surface area (Å²) in [6.45, 7) is 6.06. The van der Waals surface area contributed by atoms with Crippen LogP contribution in [0.5, 0.6) is 0 Å². The molecular formula is C24H31NO5S2. The van der Waals surface area contributed by atoms with Crippen LogP contribution in [0.15, 0.2) is 53.4 Å². The Labute approximate surface area is 191 Å². The first-order valence-electron chi connectivity index (χ1n) is 10.8. The Bertz CT molecular complexity index is 1170. The summed E-state index contributed by atoms with van der Waals surface area (Å²) >= 11 is 0. The van der Waals surface area contributed by atoms with Crippen LogP contribution in [0.2, 0.25) is 0 Å². The number of hydrogen-bond donors (Lipinski definition) is 0. The third-order valence-electron chi connectivity index (χ3n) is 5.78.